The van der Waals surface area contributed by atoms with Gasteiger partial charge in [0.05, 0.1) is 0 Å². The van der Waals surface area contributed by atoms with Crippen molar-refractivity contribution in [1.82, 2.24) is 0 Å². The van der Waals surface area contributed by atoms with E-state index in [0.29, 0.717) is 5.88 Å². The lowest BCUT2D eigenvalue weighted by atomic mass is 10.2. The Hall–Kier alpha value is -0.450. The number of benzene rings is 1. The van der Waals surface area contributed by atoms with Crippen LogP contribution < -0.4 is 0 Å². The minimum atomic E-state index is -0.840. The van der Waals surface area contributed by atoms with Crippen LogP contribution in [0.1, 0.15) is 5.56 Å². The Labute approximate surface area is 77.7 Å². The quantitative estimate of drug-likeness (QED) is 0.508. The summed E-state index contributed by atoms with van der Waals surface area (Å²) in [4.78, 5) is 4.17. The fourth-order valence-corrected chi connectivity index (χ4v) is 3.16. The second kappa shape index (κ2) is 3.51. The minimum Gasteiger partial charge on any atom is -0.603 e. The van der Waals surface area contributed by atoms with Crippen LogP contribution >= 0.6 is 10.8 Å². The van der Waals surface area contributed by atoms with Crippen LogP contribution in [0.3, 0.4) is 0 Å². The number of aliphatic imine (C=N–C) groups is 1. The maximum Gasteiger partial charge on any atom is 0.209 e. The number of rotatable bonds is 1. The Kier molecular flexibility index (Phi) is 2.39. The van der Waals surface area contributed by atoms with Crippen LogP contribution in [0, 0.1) is 0 Å². The van der Waals surface area contributed by atoms with Crippen LogP contribution in [-0.2, 0) is 10.2 Å². The van der Waals surface area contributed by atoms with Crippen LogP contribution in [0.25, 0.3) is 0 Å². The van der Waals surface area contributed by atoms with E-state index in [2.05, 4.69) is 4.99 Å². The summed E-state index contributed by atoms with van der Waals surface area (Å²) in [6, 6.07) is 9.84. The van der Waals surface area contributed by atoms with Crippen molar-refractivity contribution in [1.29, 1.82) is 0 Å². The molecule has 12 heavy (non-hydrogen) atoms. The molecule has 0 aromatic heterocycles. The predicted octanol–water partition coefficient (Wildman–Crippen LogP) is 1.80. The average Bonchev–Trinajstić information content (AvgIpc) is 2.54. The second-order valence-corrected chi connectivity index (χ2v) is 5.38. The van der Waals surface area contributed by atoms with Crippen LogP contribution in [0.15, 0.2) is 35.3 Å². The van der Waals surface area contributed by atoms with Crippen molar-refractivity contribution in [3.05, 3.63) is 35.9 Å². The fourth-order valence-electron chi connectivity index (χ4n) is 0.972. The van der Waals surface area contributed by atoms with Gasteiger partial charge in [-0.2, -0.15) is 0 Å². The Balaban J connectivity index is 2.22. The maximum atomic E-state index is 11.0. The zero-order chi connectivity index (χ0) is 8.39. The monoisotopic (exact) mass is 197 g/mol. The average molecular weight is 197 g/mol. The smallest absolute Gasteiger partial charge is 0.209 e. The van der Waals surface area contributed by atoms with Crippen LogP contribution in [0.2, 0.25) is 0 Å². The van der Waals surface area contributed by atoms with Crippen molar-refractivity contribution in [2.24, 2.45) is 4.99 Å². The summed E-state index contributed by atoms with van der Waals surface area (Å²) >= 11 is 0. The third-order valence-corrected chi connectivity index (χ3v) is 3.90. The van der Waals surface area contributed by atoms with Gasteiger partial charge >= 0.3 is 0 Å². The Bertz CT molecular complexity index is 299. The van der Waals surface area contributed by atoms with Gasteiger partial charge in [-0.1, -0.05) is 30.3 Å². The lowest BCUT2D eigenvalue weighted by Gasteiger charge is -1.97. The molecule has 1 aromatic carbocycles. The van der Waals surface area contributed by atoms with Gasteiger partial charge in [-0.25, -0.2) is 4.99 Å². The highest BCUT2D eigenvalue weighted by Gasteiger charge is 2.22. The fraction of sp³-hybridized carbons (Fsp3) is 0.125. The largest absolute Gasteiger partial charge is 0.603 e. The number of hydrogen-bond donors (Lipinski definition) is 0. The lowest BCUT2D eigenvalue weighted by molar-refractivity contribution is 0.610. The van der Waals surface area contributed by atoms with Crippen molar-refractivity contribution in [2.45, 2.75) is 0 Å². The molecular formula is C8H7NOS2. The molecule has 1 unspecified atom stereocenters. The molecule has 4 heteroatoms. The molecule has 1 heterocycles. The first kappa shape index (κ1) is 8.16. The van der Waals surface area contributed by atoms with E-state index in [9.17, 15) is 4.55 Å². The molecule has 2 rings (SSSR count). The second-order valence-electron chi connectivity index (χ2n) is 2.35. The summed E-state index contributed by atoms with van der Waals surface area (Å²) in [5.41, 5.74) is 1.06. The molecule has 1 aliphatic rings. The van der Waals surface area contributed by atoms with Crippen LogP contribution in [0.4, 0.5) is 0 Å². The number of hydrogen-bond acceptors (Lipinski definition) is 3. The van der Waals surface area contributed by atoms with E-state index in [4.69, 9.17) is 0 Å². The molecule has 1 aliphatic heterocycles. The van der Waals surface area contributed by atoms with Gasteiger partial charge in [-0.3, -0.25) is 0 Å². The summed E-state index contributed by atoms with van der Waals surface area (Å²) in [5, 5.41) is 0.897. The van der Waals surface area contributed by atoms with E-state index in [1.54, 1.807) is 0 Å². The van der Waals surface area contributed by atoms with Gasteiger partial charge in [0.1, 0.15) is 10.8 Å². The van der Waals surface area contributed by atoms with E-state index in [1.807, 2.05) is 30.3 Å². The highest BCUT2D eigenvalue weighted by molar-refractivity contribution is 8.78. The van der Waals surface area contributed by atoms with Gasteiger partial charge in [0.15, 0.2) is 5.04 Å². The molecule has 0 radical (unpaired) electrons. The Morgan fingerprint density at radius 1 is 1.33 bits per heavy atom. The topological polar surface area (TPSA) is 35.4 Å². The van der Waals surface area contributed by atoms with E-state index in [-0.39, 0.29) is 0 Å². The maximum absolute atomic E-state index is 11.0. The Morgan fingerprint density at radius 3 is 2.67 bits per heavy atom. The lowest BCUT2D eigenvalue weighted by Crippen LogP contribution is -1.93. The molecule has 0 spiro atoms. The molecule has 2 nitrogen and oxygen atoms in total. The molecule has 0 amide bonds. The van der Waals surface area contributed by atoms with Crippen molar-refractivity contribution in [3.63, 3.8) is 0 Å². The molecule has 1 aromatic rings. The van der Waals surface area contributed by atoms with Gasteiger partial charge in [-0.05, 0) is 0 Å². The first-order chi connectivity index (χ1) is 5.86. The van der Waals surface area contributed by atoms with Crippen LogP contribution in [0.5, 0.6) is 0 Å². The third-order valence-electron chi connectivity index (χ3n) is 1.51. The molecular weight excluding hydrogens is 190 g/mol. The molecule has 1 atom stereocenters. The molecule has 0 N–H and O–H groups in total. The highest BCUT2D eigenvalue weighted by Crippen LogP contribution is 2.26. The van der Waals surface area contributed by atoms with E-state index >= 15 is 0 Å². The normalized spacial score (nSPS) is 22.4. The van der Waals surface area contributed by atoms with Gasteiger partial charge < -0.3 is 4.55 Å². The van der Waals surface area contributed by atoms with Gasteiger partial charge in [-0.15, -0.1) is 0 Å². The van der Waals surface area contributed by atoms with Crippen molar-refractivity contribution in [3.8, 4) is 0 Å². The minimum absolute atomic E-state index is 0.439. The summed E-state index contributed by atoms with van der Waals surface area (Å²) < 4.78 is 11.0. The molecule has 62 valence electrons. The standard InChI is InChI=1S/C8H7NOS2/c10-12-6-9-8(11-12)7-4-2-1-3-5-7/h1-5H,6H2. The molecule has 0 saturated carbocycles. The summed E-state index contributed by atoms with van der Waals surface area (Å²) in [6.45, 7) is 0. The molecule has 0 bridgehead atoms. The van der Waals surface area contributed by atoms with Crippen molar-refractivity contribution < 1.29 is 4.55 Å². The van der Waals surface area contributed by atoms with Gasteiger partial charge in [0.25, 0.3) is 0 Å². The third kappa shape index (κ3) is 1.65. The molecule has 0 aliphatic carbocycles. The Morgan fingerprint density at radius 2 is 2.08 bits per heavy atom. The number of nitrogens with zero attached hydrogens (tertiary/aromatic N) is 1. The van der Waals surface area contributed by atoms with Crippen molar-refractivity contribution >= 4 is 26.0 Å². The summed E-state index contributed by atoms with van der Waals surface area (Å²) in [6.07, 6.45) is 0. The summed E-state index contributed by atoms with van der Waals surface area (Å²) in [5.74, 6) is 0.439. The van der Waals surface area contributed by atoms with Gasteiger partial charge in [0.2, 0.25) is 5.88 Å². The molecule has 0 saturated heterocycles. The zero-order valence-corrected chi connectivity index (χ0v) is 7.90. The predicted molar refractivity (Wildman–Crippen MR) is 53.6 cm³/mol. The van der Waals surface area contributed by atoms with E-state index < -0.39 is 10.2 Å². The summed E-state index contributed by atoms with van der Waals surface area (Å²) in [7, 11) is 0.500. The van der Waals surface area contributed by atoms with Gasteiger partial charge in [0, 0.05) is 15.8 Å². The van der Waals surface area contributed by atoms with Crippen molar-refractivity contribution in [2.75, 3.05) is 5.88 Å². The zero-order valence-electron chi connectivity index (χ0n) is 6.27. The highest BCUT2D eigenvalue weighted by atomic mass is 33.1. The SMILES string of the molecule is [O-][S+]1CN=C(c2ccccc2)S1. The first-order valence-corrected chi connectivity index (χ1v) is 6.18. The van der Waals surface area contributed by atoms with E-state index in [0.717, 1.165) is 10.6 Å². The first-order valence-electron chi connectivity index (χ1n) is 3.53. The molecule has 0 fully saturated rings. The van der Waals surface area contributed by atoms with Crippen LogP contribution in [-0.4, -0.2) is 15.5 Å². The van der Waals surface area contributed by atoms with E-state index in [1.165, 1.54) is 10.8 Å².